The molecule has 5 nitrogen and oxygen atoms in total. The first-order chi connectivity index (χ1) is 8.86. The average molecular weight is 300 g/mol. The highest BCUT2D eigenvalue weighted by Gasteiger charge is 2.36. The van der Waals surface area contributed by atoms with Gasteiger partial charge < -0.3 is 5.73 Å². The molecule has 1 heterocycles. The second kappa shape index (κ2) is 5.10. The maximum atomic E-state index is 12.4. The normalized spacial score (nSPS) is 24.3. The van der Waals surface area contributed by atoms with Gasteiger partial charge in [-0.05, 0) is 24.1 Å². The van der Waals surface area contributed by atoms with Crippen LogP contribution in [0.1, 0.15) is 12.5 Å². The summed E-state index contributed by atoms with van der Waals surface area (Å²) in [4.78, 5) is 0.0227. The molecule has 0 aliphatic carbocycles. The number of nitrogens with two attached hydrogens (primary N) is 1. The molecule has 102 valence electrons. The molecular weight excluding hydrogens is 286 g/mol. The lowest BCUT2D eigenvalue weighted by molar-refractivity contribution is 0.464. The largest absolute Gasteiger partial charge is 0.326 e. The third-order valence-electron chi connectivity index (χ3n) is 3.32. The number of halogens is 1. The lowest BCUT2D eigenvalue weighted by Gasteiger charge is -2.17. The maximum Gasteiger partial charge on any atom is 0.244 e. The molecule has 1 aliphatic heterocycles. The number of sulfonamides is 1. The van der Waals surface area contributed by atoms with Gasteiger partial charge in [-0.15, -0.1) is 0 Å². The summed E-state index contributed by atoms with van der Waals surface area (Å²) in [6.07, 6.45) is 0. The van der Waals surface area contributed by atoms with Crippen LogP contribution in [0.3, 0.4) is 0 Å². The zero-order valence-electron chi connectivity index (χ0n) is 10.4. The van der Waals surface area contributed by atoms with Crippen molar-refractivity contribution in [2.75, 3.05) is 13.1 Å². The van der Waals surface area contributed by atoms with E-state index in [1.165, 1.54) is 22.5 Å². The van der Waals surface area contributed by atoms with E-state index in [1.807, 2.05) is 13.0 Å². The zero-order valence-corrected chi connectivity index (χ0v) is 11.9. The van der Waals surface area contributed by atoms with Crippen LogP contribution in [0.15, 0.2) is 23.1 Å². The van der Waals surface area contributed by atoms with Crippen molar-refractivity contribution in [2.24, 2.45) is 11.7 Å². The topological polar surface area (TPSA) is 87.2 Å². The first-order valence-corrected chi connectivity index (χ1v) is 7.63. The van der Waals surface area contributed by atoms with Gasteiger partial charge >= 0.3 is 0 Å². The van der Waals surface area contributed by atoms with Gasteiger partial charge in [-0.3, -0.25) is 0 Å². The lowest BCUT2D eigenvalue weighted by Crippen LogP contribution is -2.32. The van der Waals surface area contributed by atoms with E-state index in [0.29, 0.717) is 18.7 Å². The Bertz CT molecular complexity index is 629. The van der Waals surface area contributed by atoms with Crippen molar-refractivity contribution in [3.63, 3.8) is 0 Å². The van der Waals surface area contributed by atoms with Crippen LogP contribution >= 0.6 is 11.6 Å². The molecule has 1 aliphatic rings. The average Bonchev–Trinajstić information content (AvgIpc) is 2.70. The summed E-state index contributed by atoms with van der Waals surface area (Å²) in [7, 11) is -3.65. The summed E-state index contributed by atoms with van der Waals surface area (Å²) < 4.78 is 26.2. The fourth-order valence-corrected chi connectivity index (χ4v) is 4.16. The van der Waals surface area contributed by atoms with Gasteiger partial charge in [0.1, 0.15) is 4.90 Å². The van der Waals surface area contributed by atoms with Crippen LogP contribution in [0.5, 0.6) is 0 Å². The molecule has 0 aromatic heterocycles. The predicted molar refractivity (Wildman–Crippen MR) is 72.1 cm³/mol. The maximum absolute atomic E-state index is 12.4. The fourth-order valence-electron chi connectivity index (χ4n) is 2.06. The van der Waals surface area contributed by atoms with Crippen LogP contribution in [0.4, 0.5) is 0 Å². The van der Waals surface area contributed by atoms with Crippen molar-refractivity contribution < 1.29 is 8.42 Å². The Hall–Kier alpha value is -1.13. The Labute approximate surface area is 117 Å². The van der Waals surface area contributed by atoms with Gasteiger partial charge in [0.05, 0.1) is 16.7 Å². The smallest absolute Gasteiger partial charge is 0.244 e. The molecule has 1 aromatic carbocycles. The lowest BCUT2D eigenvalue weighted by atomic mass is 10.1. The van der Waals surface area contributed by atoms with E-state index < -0.39 is 10.0 Å². The van der Waals surface area contributed by atoms with E-state index >= 15 is 0 Å². The summed E-state index contributed by atoms with van der Waals surface area (Å²) >= 11 is 5.96. The van der Waals surface area contributed by atoms with Crippen molar-refractivity contribution in [2.45, 2.75) is 17.9 Å². The van der Waals surface area contributed by atoms with Crippen LogP contribution in [0.2, 0.25) is 5.02 Å². The van der Waals surface area contributed by atoms with Crippen molar-refractivity contribution in [1.82, 2.24) is 4.31 Å². The van der Waals surface area contributed by atoms with Gasteiger partial charge in [-0.2, -0.15) is 9.57 Å². The highest BCUT2D eigenvalue weighted by Crippen LogP contribution is 2.29. The van der Waals surface area contributed by atoms with Crippen molar-refractivity contribution in [3.05, 3.63) is 28.8 Å². The van der Waals surface area contributed by atoms with Gasteiger partial charge in [-0.1, -0.05) is 18.5 Å². The van der Waals surface area contributed by atoms with Gasteiger partial charge in [0.2, 0.25) is 10.0 Å². The first kappa shape index (κ1) is 14.3. The number of nitriles is 1. The van der Waals surface area contributed by atoms with E-state index in [1.54, 1.807) is 0 Å². The molecule has 7 heteroatoms. The van der Waals surface area contributed by atoms with Gasteiger partial charge in [0.25, 0.3) is 0 Å². The molecule has 0 spiro atoms. The molecule has 2 N–H and O–H groups in total. The van der Waals surface area contributed by atoms with Crippen molar-refractivity contribution in [3.8, 4) is 6.07 Å². The minimum Gasteiger partial charge on any atom is -0.326 e. The molecule has 1 fully saturated rings. The molecule has 2 rings (SSSR count). The molecule has 0 amide bonds. The molecule has 19 heavy (non-hydrogen) atoms. The number of nitrogens with zero attached hydrogens (tertiary/aromatic N) is 2. The Morgan fingerprint density at radius 1 is 1.47 bits per heavy atom. The molecule has 0 bridgehead atoms. The number of benzene rings is 1. The quantitative estimate of drug-likeness (QED) is 0.888. The third kappa shape index (κ3) is 2.60. The Morgan fingerprint density at radius 3 is 2.63 bits per heavy atom. The highest BCUT2D eigenvalue weighted by molar-refractivity contribution is 7.89. The van der Waals surface area contributed by atoms with Gasteiger partial charge in [-0.25, -0.2) is 8.42 Å². The summed E-state index contributed by atoms with van der Waals surface area (Å²) in [5.74, 6) is 0.118. The van der Waals surface area contributed by atoms with Crippen LogP contribution < -0.4 is 5.73 Å². The van der Waals surface area contributed by atoms with Crippen LogP contribution in [-0.4, -0.2) is 31.9 Å². The summed E-state index contributed by atoms with van der Waals surface area (Å²) in [5, 5.41) is 8.81. The minimum absolute atomic E-state index is 0.0227. The van der Waals surface area contributed by atoms with Crippen LogP contribution in [-0.2, 0) is 10.0 Å². The second-order valence-electron chi connectivity index (χ2n) is 4.72. The minimum atomic E-state index is -3.65. The van der Waals surface area contributed by atoms with E-state index in [4.69, 9.17) is 22.6 Å². The Kier molecular flexibility index (Phi) is 3.83. The summed E-state index contributed by atoms with van der Waals surface area (Å²) in [5.41, 5.74) is 6.17. The molecule has 2 atom stereocenters. The Balaban J connectivity index is 2.39. The summed E-state index contributed by atoms with van der Waals surface area (Å²) in [6.45, 7) is 2.60. The van der Waals surface area contributed by atoms with Crippen molar-refractivity contribution >= 4 is 21.6 Å². The van der Waals surface area contributed by atoms with Gasteiger partial charge in [0.15, 0.2) is 0 Å². The number of hydrogen-bond donors (Lipinski definition) is 1. The Morgan fingerprint density at radius 2 is 2.16 bits per heavy atom. The van der Waals surface area contributed by atoms with E-state index in [-0.39, 0.29) is 21.9 Å². The SMILES string of the molecule is CC1CN(S(=O)(=O)c2ccc(C#N)cc2Cl)CC1N. The fraction of sp³-hybridized carbons (Fsp3) is 0.417. The standard InChI is InChI=1S/C12H14ClN3O2S/c1-8-6-16(7-11(8)15)19(17,18)12-3-2-9(5-14)4-10(12)13/h2-4,8,11H,6-7,15H2,1H3. The van der Waals surface area contributed by atoms with E-state index in [0.717, 1.165) is 0 Å². The van der Waals surface area contributed by atoms with E-state index in [9.17, 15) is 8.42 Å². The highest BCUT2D eigenvalue weighted by atomic mass is 35.5. The zero-order chi connectivity index (χ0) is 14.2. The molecular formula is C12H14ClN3O2S. The van der Waals surface area contributed by atoms with E-state index in [2.05, 4.69) is 0 Å². The predicted octanol–water partition coefficient (Wildman–Crippen LogP) is 1.18. The third-order valence-corrected chi connectivity index (χ3v) is 5.63. The summed E-state index contributed by atoms with van der Waals surface area (Å²) in [6, 6.07) is 5.92. The molecule has 1 aromatic rings. The van der Waals surface area contributed by atoms with Crippen LogP contribution in [0, 0.1) is 17.2 Å². The number of hydrogen-bond acceptors (Lipinski definition) is 4. The molecule has 1 saturated heterocycles. The van der Waals surface area contributed by atoms with Gasteiger partial charge in [0, 0.05) is 19.1 Å². The van der Waals surface area contributed by atoms with Crippen LogP contribution in [0.25, 0.3) is 0 Å². The first-order valence-electron chi connectivity index (χ1n) is 5.81. The molecule has 0 radical (unpaired) electrons. The number of rotatable bonds is 2. The monoisotopic (exact) mass is 299 g/mol. The van der Waals surface area contributed by atoms with Crippen molar-refractivity contribution in [1.29, 1.82) is 5.26 Å². The molecule has 2 unspecified atom stereocenters. The second-order valence-corrected chi connectivity index (χ2v) is 7.03. The molecule has 0 saturated carbocycles.